The Morgan fingerprint density at radius 1 is 1.18 bits per heavy atom. The number of nitrogens with zero attached hydrogens (tertiary/aromatic N) is 2. The second-order valence-corrected chi connectivity index (χ2v) is 8.89. The maximum atomic E-state index is 13.6. The molecule has 2 atom stereocenters. The SMILES string of the molecule is Cc1nc(NC(c2ccc(F)c(Cl)c2)c2nc([S@@](C)(=N)=O)c(C)[nH]2)ccc1F. The third-order valence-corrected chi connectivity index (χ3v) is 5.52. The third kappa shape index (κ3) is 4.15. The number of aromatic amines is 1. The number of aryl methyl sites for hydroxylation is 2. The lowest BCUT2D eigenvalue weighted by Crippen LogP contribution is -2.16. The van der Waals surface area contributed by atoms with Gasteiger partial charge in [0.1, 0.15) is 29.3 Å². The summed E-state index contributed by atoms with van der Waals surface area (Å²) in [4.78, 5) is 11.5. The first-order chi connectivity index (χ1) is 13.1. The summed E-state index contributed by atoms with van der Waals surface area (Å²) in [6, 6.07) is 6.25. The monoisotopic (exact) mass is 425 g/mol. The van der Waals surface area contributed by atoms with E-state index in [0.717, 1.165) is 0 Å². The van der Waals surface area contributed by atoms with Crippen molar-refractivity contribution in [1.29, 1.82) is 4.78 Å². The fourth-order valence-corrected chi connectivity index (χ4v) is 3.85. The molecule has 28 heavy (non-hydrogen) atoms. The van der Waals surface area contributed by atoms with Gasteiger partial charge < -0.3 is 10.3 Å². The van der Waals surface area contributed by atoms with E-state index in [2.05, 4.69) is 20.3 Å². The van der Waals surface area contributed by atoms with E-state index >= 15 is 0 Å². The molecular formula is C18H18ClF2N5OS. The second kappa shape index (κ2) is 7.48. The zero-order valence-electron chi connectivity index (χ0n) is 15.3. The quantitative estimate of drug-likeness (QED) is 0.557. The van der Waals surface area contributed by atoms with Crippen LogP contribution in [0, 0.1) is 30.3 Å². The Balaban J connectivity index is 2.11. The minimum absolute atomic E-state index is 0.0733. The molecule has 0 radical (unpaired) electrons. The minimum atomic E-state index is -3.05. The van der Waals surface area contributed by atoms with E-state index in [1.165, 1.54) is 43.5 Å². The number of hydrogen-bond acceptors (Lipinski definition) is 5. The van der Waals surface area contributed by atoms with E-state index < -0.39 is 27.4 Å². The van der Waals surface area contributed by atoms with Gasteiger partial charge in [-0.25, -0.2) is 27.7 Å². The van der Waals surface area contributed by atoms with Crippen LogP contribution in [-0.2, 0) is 9.73 Å². The van der Waals surface area contributed by atoms with Crippen LogP contribution in [0.1, 0.15) is 28.8 Å². The number of pyridine rings is 1. The highest BCUT2D eigenvalue weighted by Gasteiger charge is 2.23. The molecule has 10 heteroatoms. The van der Waals surface area contributed by atoms with Crippen molar-refractivity contribution in [1.82, 2.24) is 15.0 Å². The van der Waals surface area contributed by atoms with Crippen LogP contribution in [0.5, 0.6) is 0 Å². The van der Waals surface area contributed by atoms with Crippen LogP contribution >= 0.6 is 11.6 Å². The second-order valence-electron chi connectivity index (χ2n) is 6.41. The number of hydrogen-bond donors (Lipinski definition) is 3. The summed E-state index contributed by atoms with van der Waals surface area (Å²) in [6.07, 6.45) is 1.28. The number of rotatable bonds is 5. The summed E-state index contributed by atoms with van der Waals surface area (Å²) in [5.41, 5.74) is 1.25. The van der Waals surface area contributed by atoms with Crippen LogP contribution in [0.4, 0.5) is 14.6 Å². The molecule has 1 aromatic carbocycles. The lowest BCUT2D eigenvalue weighted by Gasteiger charge is -2.19. The molecule has 0 fully saturated rings. The number of benzene rings is 1. The first-order valence-electron chi connectivity index (χ1n) is 8.21. The molecule has 0 saturated heterocycles. The summed E-state index contributed by atoms with van der Waals surface area (Å²) < 4.78 is 47.1. The first kappa shape index (κ1) is 20.2. The van der Waals surface area contributed by atoms with E-state index in [-0.39, 0.29) is 15.7 Å². The van der Waals surface area contributed by atoms with Gasteiger partial charge in [-0.1, -0.05) is 17.7 Å². The van der Waals surface area contributed by atoms with Crippen LogP contribution in [0.15, 0.2) is 35.4 Å². The van der Waals surface area contributed by atoms with E-state index in [9.17, 15) is 13.0 Å². The molecule has 6 nitrogen and oxygen atoms in total. The Bertz CT molecular complexity index is 1150. The van der Waals surface area contributed by atoms with Gasteiger partial charge in [-0.3, -0.25) is 0 Å². The third-order valence-electron chi connectivity index (χ3n) is 4.09. The van der Waals surface area contributed by atoms with Gasteiger partial charge in [-0.2, -0.15) is 0 Å². The first-order valence-corrected chi connectivity index (χ1v) is 10.6. The van der Waals surface area contributed by atoms with Crippen molar-refractivity contribution < 1.29 is 13.0 Å². The van der Waals surface area contributed by atoms with E-state index in [1.54, 1.807) is 6.92 Å². The molecule has 1 unspecified atom stereocenters. The molecule has 2 heterocycles. The normalized spacial score (nSPS) is 14.5. The average molecular weight is 426 g/mol. The number of anilines is 1. The zero-order chi connectivity index (χ0) is 20.6. The molecule has 0 aliphatic rings. The van der Waals surface area contributed by atoms with Crippen molar-refractivity contribution in [2.45, 2.75) is 24.9 Å². The largest absolute Gasteiger partial charge is 0.356 e. The molecule has 148 valence electrons. The van der Waals surface area contributed by atoms with Gasteiger partial charge in [0.05, 0.1) is 20.4 Å². The predicted octanol–water partition coefficient (Wildman–Crippen LogP) is 4.59. The molecule has 2 aromatic heterocycles. The standard InChI is InChI=1S/C18H18ClF2N5OS/c1-9-13(20)6-7-15(23-9)25-16(11-4-5-14(21)12(19)8-11)17-24-10(2)18(26-17)28(3,22)27/h4-8,16,22H,1-3H3,(H,23,25)(H,24,26)/t16?,28-/m0/s1. The molecule has 3 rings (SSSR count). The molecule has 0 aliphatic carbocycles. The van der Waals surface area contributed by atoms with Gasteiger partial charge in [-0.15, -0.1) is 0 Å². The Kier molecular flexibility index (Phi) is 5.40. The van der Waals surface area contributed by atoms with E-state index in [4.69, 9.17) is 16.4 Å². The molecule has 3 N–H and O–H groups in total. The predicted molar refractivity (Wildman–Crippen MR) is 104 cm³/mol. The smallest absolute Gasteiger partial charge is 0.156 e. The lowest BCUT2D eigenvalue weighted by molar-refractivity contribution is 0.609. The Morgan fingerprint density at radius 3 is 2.43 bits per heavy atom. The fraction of sp³-hybridized carbons (Fsp3) is 0.222. The van der Waals surface area contributed by atoms with Crippen molar-refractivity contribution >= 4 is 27.1 Å². The molecule has 0 amide bonds. The summed E-state index contributed by atoms with van der Waals surface area (Å²) in [6.45, 7) is 3.20. The van der Waals surface area contributed by atoms with Crippen molar-refractivity contribution in [3.05, 3.63) is 69.8 Å². The Labute approximate surface area is 166 Å². The van der Waals surface area contributed by atoms with E-state index in [0.29, 0.717) is 22.9 Å². The van der Waals surface area contributed by atoms with Gasteiger partial charge >= 0.3 is 0 Å². The van der Waals surface area contributed by atoms with Gasteiger partial charge in [0.25, 0.3) is 0 Å². The Morgan fingerprint density at radius 2 is 1.86 bits per heavy atom. The highest BCUT2D eigenvalue weighted by molar-refractivity contribution is 7.91. The topological polar surface area (TPSA) is 94.5 Å². The fourth-order valence-electron chi connectivity index (χ4n) is 2.76. The van der Waals surface area contributed by atoms with Crippen molar-refractivity contribution in [3.63, 3.8) is 0 Å². The molecule has 3 aromatic rings. The number of imidazole rings is 1. The van der Waals surface area contributed by atoms with Gasteiger partial charge in [-0.05, 0) is 43.7 Å². The number of aromatic nitrogens is 3. The average Bonchev–Trinajstić information content (AvgIpc) is 3.00. The van der Waals surface area contributed by atoms with Crippen molar-refractivity contribution in [2.24, 2.45) is 0 Å². The van der Waals surface area contributed by atoms with Crippen LogP contribution in [0.2, 0.25) is 5.02 Å². The summed E-state index contributed by atoms with van der Waals surface area (Å²) in [5, 5.41) is 3.17. The van der Waals surface area contributed by atoms with E-state index in [1.807, 2.05) is 0 Å². The summed E-state index contributed by atoms with van der Waals surface area (Å²) in [7, 11) is -3.05. The molecule has 0 spiro atoms. The van der Waals surface area contributed by atoms with Crippen LogP contribution in [0.3, 0.4) is 0 Å². The van der Waals surface area contributed by atoms with Crippen LogP contribution in [-0.4, -0.2) is 25.4 Å². The zero-order valence-corrected chi connectivity index (χ0v) is 16.9. The summed E-state index contributed by atoms with van der Waals surface area (Å²) >= 11 is 5.93. The maximum Gasteiger partial charge on any atom is 0.156 e. The number of nitrogens with one attached hydrogen (secondary N) is 3. The number of halogens is 3. The minimum Gasteiger partial charge on any atom is -0.356 e. The summed E-state index contributed by atoms with van der Waals surface area (Å²) in [5.74, 6) is -0.300. The molecule has 0 aliphatic heterocycles. The molecule has 0 saturated carbocycles. The lowest BCUT2D eigenvalue weighted by atomic mass is 10.1. The van der Waals surface area contributed by atoms with Gasteiger partial charge in [0.2, 0.25) is 0 Å². The molecular weight excluding hydrogens is 408 g/mol. The highest BCUT2D eigenvalue weighted by atomic mass is 35.5. The highest BCUT2D eigenvalue weighted by Crippen LogP contribution is 2.29. The van der Waals surface area contributed by atoms with Crippen LogP contribution < -0.4 is 5.32 Å². The van der Waals surface area contributed by atoms with Crippen molar-refractivity contribution in [2.75, 3.05) is 11.6 Å². The molecule has 0 bridgehead atoms. The van der Waals surface area contributed by atoms with Gasteiger partial charge in [0, 0.05) is 11.9 Å². The van der Waals surface area contributed by atoms with Gasteiger partial charge in [0.15, 0.2) is 5.03 Å². The number of H-pyrrole nitrogens is 1. The van der Waals surface area contributed by atoms with Crippen LogP contribution in [0.25, 0.3) is 0 Å². The Hall–Kier alpha value is -2.52. The maximum absolute atomic E-state index is 13.6. The van der Waals surface area contributed by atoms with Crippen molar-refractivity contribution in [3.8, 4) is 0 Å².